The van der Waals surface area contributed by atoms with E-state index in [0.717, 1.165) is 41.2 Å². The van der Waals surface area contributed by atoms with Gasteiger partial charge in [-0.2, -0.15) is 0 Å². The zero-order valence-electron chi connectivity index (χ0n) is 16.5. The van der Waals surface area contributed by atoms with Gasteiger partial charge in [0.1, 0.15) is 11.5 Å². The molecule has 0 aliphatic heterocycles. The van der Waals surface area contributed by atoms with Crippen molar-refractivity contribution in [2.24, 2.45) is 0 Å². The average molecular weight is 367 g/mol. The summed E-state index contributed by atoms with van der Waals surface area (Å²) in [6.07, 6.45) is 5.16. The summed E-state index contributed by atoms with van der Waals surface area (Å²) in [7, 11) is 0. The van der Waals surface area contributed by atoms with E-state index in [-0.39, 0.29) is 5.91 Å². The highest BCUT2D eigenvalue weighted by molar-refractivity contribution is 5.94. The molecule has 4 heteroatoms. The Bertz CT molecular complexity index is 743. The molecule has 1 saturated carbocycles. The van der Waals surface area contributed by atoms with Gasteiger partial charge in [-0.1, -0.05) is 13.0 Å². The van der Waals surface area contributed by atoms with E-state index in [1.165, 1.54) is 12.8 Å². The molecular weight excluding hydrogens is 338 g/mol. The number of hydrogen-bond acceptors (Lipinski definition) is 3. The summed E-state index contributed by atoms with van der Waals surface area (Å²) in [5.74, 6) is 1.45. The van der Waals surface area contributed by atoms with Crippen LogP contribution in [0.5, 0.6) is 11.5 Å². The molecule has 0 saturated heterocycles. The van der Waals surface area contributed by atoms with Crippen LogP contribution in [-0.2, 0) is 4.79 Å². The average Bonchev–Trinajstić information content (AvgIpc) is 3.13. The van der Waals surface area contributed by atoms with Crippen molar-refractivity contribution >= 4 is 11.6 Å². The van der Waals surface area contributed by atoms with Crippen molar-refractivity contribution in [2.75, 3.05) is 5.32 Å². The smallest absolute Gasteiger partial charge is 0.265 e. The molecule has 144 valence electrons. The molecule has 0 bridgehead atoms. The van der Waals surface area contributed by atoms with E-state index < -0.39 is 6.10 Å². The molecule has 1 aliphatic carbocycles. The van der Waals surface area contributed by atoms with Crippen LogP contribution < -0.4 is 14.8 Å². The first kappa shape index (κ1) is 19.3. The van der Waals surface area contributed by atoms with Gasteiger partial charge < -0.3 is 14.8 Å². The topological polar surface area (TPSA) is 47.6 Å². The summed E-state index contributed by atoms with van der Waals surface area (Å²) in [5, 5.41) is 2.94. The maximum Gasteiger partial charge on any atom is 0.265 e. The Kier molecular flexibility index (Phi) is 6.38. The van der Waals surface area contributed by atoms with E-state index >= 15 is 0 Å². The number of rotatable bonds is 7. The molecule has 27 heavy (non-hydrogen) atoms. The Labute approximate surface area is 161 Å². The Morgan fingerprint density at radius 1 is 1.04 bits per heavy atom. The lowest BCUT2D eigenvalue weighted by atomic mass is 10.1. The third kappa shape index (κ3) is 5.49. The molecule has 2 aromatic carbocycles. The van der Waals surface area contributed by atoms with Gasteiger partial charge in [-0.3, -0.25) is 4.79 Å². The van der Waals surface area contributed by atoms with E-state index in [9.17, 15) is 4.79 Å². The molecule has 4 nitrogen and oxygen atoms in total. The number of carbonyl (C=O) groups excluding carboxylic acids is 1. The number of ether oxygens (including phenoxy) is 2. The van der Waals surface area contributed by atoms with Crippen molar-refractivity contribution in [3.8, 4) is 11.5 Å². The second-order valence-corrected chi connectivity index (χ2v) is 7.38. The minimum atomic E-state index is -0.527. The van der Waals surface area contributed by atoms with E-state index in [2.05, 4.69) is 11.4 Å². The minimum absolute atomic E-state index is 0.138. The zero-order valence-corrected chi connectivity index (χ0v) is 16.5. The predicted molar refractivity (Wildman–Crippen MR) is 109 cm³/mol. The Morgan fingerprint density at radius 2 is 1.67 bits per heavy atom. The fourth-order valence-corrected chi connectivity index (χ4v) is 3.53. The summed E-state index contributed by atoms with van der Waals surface area (Å²) in [6, 6.07) is 13.6. The molecule has 1 amide bonds. The first-order valence-corrected chi connectivity index (χ1v) is 9.86. The highest BCUT2D eigenvalue weighted by Crippen LogP contribution is 2.25. The third-order valence-electron chi connectivity index (χ3n) is 4.86. The normalized spacial score (nSPS) is 15.4. The van der Waals surface area contributed by atoms with Crippen molar-refractivity contribution in [2.45, 2.75) is 65.1 Å². The second-order valence-electron chi connectivity index (χ2n) is 7.38. The first-order valence-electron chi connectivity index (χ1n) is 9.86. The van der Waals surface area contributed by atoms with E-state index in [1.54, 1.807) is 0 Å². The summed E-state index contributed by atoms with van der Waals surface area (Å²) in [6.45, 7) is 6.00. The van der Waals surface area contributed by atoms with Crippen molar-refractivity contribution < 1.29 is 14.3 Å². The van der Waals surface area contributed by atoms with Gasteiger partial charge in [0.25, 0.3) is 5.91 Å². The zero-order chi connectivity index (χ0) is 19.2. The number of anilines is 1. The van der Waals surface area contributed by atoms with Gasteiger partial charge in [0.05, 0.1) is 6.10 Å². The molecule has 0 heterocycles. The highest BCUT2D eigenvalue weighted by Gasteiger charge is 2.19. The van der Waals surface area contributed by atoms with Gasteiger partial charge in [0.15, 0.2) is 6.10 Å². The molecule has 3 rings (SSSR count). The van der Waals surface area contributed by atoms with Crippen LogP contribution in [0.2, 0.25) is 0 Å². The molecule has 0 spiro atoms. The maximum atomic E-state index is 12.6. The van der Waals surface area contributed by atoms with E-state index in [1.807, 2.05) is 57.2 Å². The monoisotopic (exact) mass is 367 g/mol. The molecule has 1 aliphatic rings. The van der Waals surface area contributed by atoms with Gasteiger partial charge in [0.2, 0.25) is 0 Å². The van der Waals surface area contributed by atoms with Crippen LogP contribution in [0.25, 0.3) is 0 Å². The van der Waals surface area contributed by atoms with E-state index in [4.69, 9.17) is 9.47 Å². The predicted octanol–water partition coefficient (Wildman–Crippen LogP) is 5.42. The summed E-state index contributed by atoms with van der Waals surface area (Å²) in [5.41, 5.74) is 3.00. The fraction of sp³-hybridized carbons (Fsp3) is 0.435. The van der Waals surface area contributed by atoms with Gasteiger partial charge in [-0.05, 0) is 93.5 Å². The lowest BCUT2D eigenvalue weighted by molar-refractivity contribution is -0.122. The summed E-state index contributed by atoms with van der Waals surface area (Å²) in [4.78, 5) is 12.6. The fourth-order valence-electron chi connectivity index (χ4n) is 3.53. The van der Waals surface area contributed by atoms with Gasteiger partial charge in [-0.25, -0.2) is 0 Å². The standard InChI is InChI=1S/C23H29NO3/c1-4-22(27-21-14-16(2)13-17(3)15-21)23(25)24-18-9-11-20(12-10-18)26-19-7-5-6-8-19/h9-15,19,22H,4-8H2,1-3H3,(H,24,25)/t22-/m0/s1. The summed E-state index contributed by atoms with van der Waals surface area (Å²) >= 11 is 0. The van der Waals surface area contributed by atoms with Crippen molar-refractivity contribution in [3.05, 3.63) is 53.6 Å². The molecule has 2 aromatic rings. The van der Waals surface area contributed by atoms with Gasteiger partial charge in [0, 0.05) is 5.69 Å². The number of hydrogen-bond donors (Lipinski definition) is 1. The maximum absolute atomic E-state index is 12.6. The SMILES string of the molecule is CC[C@H](Oc1cc(C)cc(C)c1)C(=O)Nc1ccc(OC2CCCC2)cc1. The van der Waals surface area contributed by atoms with E-state index in [0.29, 0.717) is 12.5 Å². The number of amides is 1. The molecule has 0 unspecified atom stereocenters. The molecule has 1 atom stereocenters. The van der Waals surface area contributed by atoms with Gasteiger partial charge >= 0.3 is 0 Å². The van der Waals surface area contributed by atoms with Crippen LogP contribution in [0, 0.1) is 13.8 Å². The van der Waals surface area contributed by atoms with Crippen LogP contribution in [0.1, 0.15) is 50.2 Å². The lowest BCUT2D eigenvalue weighted by Gasteiger charge is -2.18. The minimum Gasteiger partial charge on any atom is -0.490 e. The third-order valence-corrected chi connectivity index (χ3v) is 4.86. The van der Waals surface area contributed by atoms with Crippen molar-refractivity contribution in [1.82, 2.24) is 0 Å². The summed E-state index contributed by atoms with van der Waals surface area (Å²) < 4.78 is 11.9. The van der Waals surface area contributed by atoms with Crippen LogP contribution in [0.3, 0.4) is 0 Å². The second kappa shape index (κ2) is 8.94. The largest absolute Gasteiger partial charge is 0.490 e. The van der Waals surface area contributed by atoms with Gasteiger partial charge in [-0.15, -0.1) is 0 Å². The Morgan fingerprint density at radius 3 is 2.26 bits per heavy atom. The quantitative estimate of drug-likeness (QED) is 0.711. The number of benzene rings is 2. The molecular formula is C23H29NO3. The Balaban J connectivity index is 1.58. The molecule has 0 radical (unpaired) electrons. The van der Waals surface area contributed by atoms with Crippen molar-refractivity contribution in [1.29, 1.82) is 0 Å². The van der Waals surface area contributed by atoms with Crippen molar-refractivity contribution in [3.63, 3.8) is 0 Å². The molecule has 0 aromatic heterocycles. The number of aryl methyl sites for hydroxylation is 2. The first-order chi connectivity index (χ1) is 13.0. The highest BCUT2D eigenvalue weighted by atomic mass is 16.5. The van der Waals surface area contributed by atoms with Crippen LogP contribution in [-0.4, -0.2) is 18.1 Å². The van der Waals surface area contributed by atoms with Crippen LogP contribution >= 0.6 is 0 Å². The molecule has 1 N–H and O–H groups in total. The number of carbonyl (C=O) groups is 1. The molecule has 1 fully saturated rings. The van der Waals surface area contributed by atoms with Crippen LogP contribution in [0.4, 0.5) is 5.69 Å². The number of nitrogens with one attached hydrogen (secondary N) is 1. The lowest BCUT2D eigenvalue weighted by Crippen LogP contribution is -2.32. The Hall–Kier alpha value is -2.49. The van der Waals surface area contributed by atoms with Crippen LogP contribution in [0.15, 0.2) is 42.5 Å².